The number of hydrogen-bond donors (Lipinski definition) is 1. The highest BCUT2D eigenvalue weighted by atomic mass is 16.7. The van der Waals surface area contributed by atoms with Crippen molar-refractivity contribution in [2.45, 2.75) is 6.10 Å². The van der Waals surface area contributed by atoms with Gasteiger partial charge in [-0.25, -0.2) is 5.06 Å². The summed E-state index contributed by atoms with van der Waals surface area (Å²) < 4.78 is 0. The fourth-order valence-electron chi connectivity index (χ4n) is 1.04. The van der Waals surface area contributed by atoms with Crippen LogP contribution in [0.5, 0.6) is 0 Å². The van der Waals surface area contributed by atoms with Crippen LogP contribution < -0.4 is 0 Å². The van der Waals surface area contributed by atoms with Gasteiger partial charge in [0.1, 0.15) is 0 Å². The van der Waals surface area contributed by atoms with Gasteiger partial charge in [0.25, 0.3) is 5.91 Å². The van der Waals surface area contributed by atoms with Crippen LogP contribution in [0.2, 0.25) is 0 Å². The zero-order valence-corrected chi connectivity index (χ0v) is 8.18. The Morgan fingerprint density at radius 3 is 2.50 bits per heavy atom. The maximum Gasteiger partial charge on any atom is 0.279 e. The number of amides is 1. The number of likely N-dealkylation sites (N-methyl/N-ethyl adjacent to an activating group) is 1. The van der Waals surface area contributed by atoms with Crippen LogP contribution in [0, 0.1) is 0 Å². The fourth-order valence-corrected chi connectivity index (χ4v) is 1.04. The van der Waals surface area contributed by atoms with E-state index in [1.807, 2.05) is 6.07 Å². The number of nitrogens with zero attached hydrogens (tertiary/aromatic N) is 1. The van der Waals surface area contributed by atoms with Crippen LogP contribution in [0.3, 0.4) is 0 Å². The average Bonchev–Trinajstić information content (AvgIpc) is 2.27. The highest BCUT2D eigenvalue weighted by molar-refractivity contribution is 5.80. The standard InChI is InChI=1S/C10H13NO3/c1-11(14-2)10(13)9(12)8-6-4-3-5-7-8/h3-7,9,12H,1-2H3/t9-/m0/s1. The third-order valence-corrected chi connectivity index (χ3v) is 1.93. The smallest absolute Gasteiger partial charge is 0.279 e. The lowest BCUT2D eigenvalue weighted by molar-refractivity contribution is -0.178. The number of hydroxylamine groups is 2. The molecule has 0 saturated carbocycles. The summed E-state index contributed by atoms with van der Waals surface area (Å²) in [5, 5.41) is 10.6. The average molecular weight is 195 g/mol. The van der Waals surface area contributed by atoms with Gasteiger partial charge < -0.3 is 5.11 Å². The predicted molar refractivity (Wildman–Crippen MR) is 51.2 cm³/mol. The predicted octanol–water partition coefficient (Wildman–Crippen LogP) is 0.740. The van der Waals surface area contributed by atoms with E-state index >= 15 is 0 Å². The largest absolute Gasteiger partial charge is 0.378 e. The lowest BCUT2D eigenvalue weighted by Crippen LogP contribution is -2.30. The van der Waals surface area contributed by atoms with Gasteiger partial charge in [0, 0.05) is 7.05 Å². The number of aliphatic hydroxyl groups excluding tert-OH is 1. The molecule has 0 radical (unpaired) electrons. The summed E-state index contributed by atoms with van der Waals surface area (Å²) in [6.07, 6.45) is -1.17. The molecule has 1 atom stereocenters. The minimum absolute atomic E-state index is 0.487. The monoisotopic (exact) mass is 195 g/mol. The Kier molecular flexibility index (Phi) is 3.62. The highest BCUT2D eigenvalue weighted by Crippen LogP contribution is 2.14. The van der Waals surface area contributed by atoms with Crippen LogP contribution in [-0.4, -0.2) is 30.2 Å². The molecule has 1 N–H and O–H groups in total. The van der Waals surface area contributed by atoms with Gasteiger partial charge in [-0.15, -0.1) is 0 Å². The molecule has 1 aromatic rings. The number of carbonyl (C=O) groups is 1. The van der Waals surface area contributed by atoms with Crippen molar-refractivity contribution >= 4 is 5.91 Å². The van der Waals surface area contributed by atoms with Gasteiger partial charge >= 0.3 is 0 Å². The second-order valence-electron chi connectivity index (χ2n) is 2.83. The zero-order valence-electron chi connectivity index (χ0n) is 8.18. The number of aliphatic hydroxyl groups is 1. The molecule has 76 valence electrons. The van der Waals surface area contributed by atoms with Crippen LogP contribution in [0.4, 0.5) is 0 Å². The van der Waals surface area contributed by atoms with Crippen LogP contribution in [0.15, 0.2) is 30.3 Å². The van der Waals surface area contributed by atoms with Gasteiger partial charge in [0.2, 0.25) is 0 Å². The number of rotatable bonds is 3. The third kappa shape index (κ3) is 2.31. The molecule has 4 nitrogen and oxygen atoms in total. The molecule has 0 aliphatic heterocycles. The van der Waals surface area contributed by atoms with Crippen molar-refractivity contribution in [1.82, 2.24) is 5.06 Å². The van der Waals surface area contributed by atoms with Gasteiger partial charge in [-0.05, 0) is 5.56 Å². The van der Waals surface area contributed by atoms with Crippen molar-refractivity contribution in [3.05, 3.63) is 35.9 Å². The molecule has 0 aliphatic rings. The summed E-state index contributed by atoms with van der Waals surface area (Å²) in [5.41, 5.74) is 0.557. The van der Waals surface area contributed by atoms with Crippen molar-refractivity contribution in [3.63, 3.8) is 0 Å². The topological polar surface area (TPSA) is 49.8 Å². The molecular weight excluding hydrogens is 182 g/mol. The van der Waals surface area contributed by atoms with E-state index < -0.39 is 12.0 Å². The van der Waals surface area contributed by atoms with E-state index in [1.54, 1.807) is 24.3 Å². The Morgan fingerprint density at radius 2 is 2.00 bits per heavy atom. The molecule has 0 aliphatic carbocycles. The van der Waals surface area contributed by atoms with Crippen molar-refractivity contribution in [3.8, 4) is 0 Å². The van der Waals surface area contributed by atoms with E-state index in [-0.39, 0.29) is 0 Å². The maximum absolute atomic E-state index is 11.4. The molecule has 0 spiro atoms. The van der Waals surface area contributed by atoms with Crippen molar-refractivity contribution in [2.75, 3.05) is 14.2 Å². The Hall–Kier alpha value is -1.39. The first-order chi connectivity index (χ1) is 6.66. The molecule has 0 aromatic heterocycles. The van der Waals surface area contributed by atoms with E-state index in [2.05, 4.69) is 4.84 Å². The Balaban J connectivity index is 2.76. The summed E-state index contributed by atoms with van der Waals surface area (Å²) >= 11 is 0. The summed E-state index contributed by atoms with van der Waals surface area (Å²) in [5.74, 6) is -0.487. The SMILES string of the molecule is CON(C)C(=O)[C@@H](O)c1ccccc1. The first-order valence-corrected chi connectivity index (χ1v) is 4.21. The second-order valence-corrected chi connectivity index (χ2v) is 2.83. The van der Waals surface area contributed by atoms with Gasteiger partial charge in [-0.3, -0.25) is 9.63 Å². The first-order valence-electron chi connectivity index (χ1n) is 4.21. The van der Waals surface area contributed by atoms with Crippen LogP contribution in [-0.2, 0) is 9.63 Å². The molecule has 4 heteroatoms. The molecule has 1 aromatic carbocycles. The van der Waals surface area contributed by atoms with Crippen LogP contribution in [0.1, 0.15) is 11.7 Å². The highest BCUT2D eigenvalue weighted by Gasteiger charge is 2.20. The van der Waals surface area contributed by atoms with E-state index in [4.69, 9.17) is 0 Å². The molecule has 1 amide bonds. The molecule has 14 heavy (non-hydrogen) atoms. The molecule has 1 rings (SSSR count). The second kappa shape index (κ2) is 4.74. The third-order valence-electron chi connectivity index (χ3n) is 1.93. The minimum atomic E-state index is -1.17. The van der Waals surface area contributed by atoms with Crippen LogP contribution >= 0.6 is 0 Å². The lowest BCUT2D eigenvalue weighted by Gasteiger charge is -2.17. The quantitative estimate of drug-likeness (QED) is 0.724. The fraction of sp³-hybridized carbons (Fsp3) is 0.300. The number of carbonyl (C=O) groups excluding carboxylic acids is 1. The molecule has 0 saturated heterocycles. The van der Waals surface area contributed by atoms with Gasteiger partial charge in [0.05, 0.1) is 7.11 Å². The van der Waals surface area contributed by atoms with Crippen molar-refractivity contribution < 1.29 is 14.7 Å². The summed E-state index contributed by atoms with van der Waals surface area (Å²) in [6, 6.07) is 8.72. The molecular formula is C10H13NO3. The first kappa shape index (κ1) is 10.7. The Labute approximate surface area is 82.7 Å². The van der Waals surface area contributed by atoms with Crippen molar-refractivity contribution in [2.24, 2.45) is 0 Å². The van der Waals surface area contributed by atoms with E-state index in [0.29, 0.717) is 5.56 Å². The van der Waals surface area contributed by atoms with E-state index in [1.165, 1.54) is 14.2 Å². The Morgan fingerprint density at radius 1 is 1.43 bits per heavy atom. The van der Waals surface area contributed by atoms with Crippen LogP contribution in [0.25, 0.3) is 0 Å². The summed E-state index contributed by atoms with van der Waals surface area (Å²) in [6.45, 7) is 0. The van der Waals surface area contributed by atoms with E-state index in [0.717, 1.165) is 5.06 Å². The van der Waals surface area contributed by atoms with Gasteiger partial charge in [-0.1, -0.05) is 30.3 Å². The van der Waals surface area contributed by atoms with Crippen molar-refractivity contribution in [1.29, 1.82) is 0 Å². The zero-order chi connectivity index (χ0) is 10.6. The minimum Gasteiger partial charge on any atom is -0.378 e. The summed E-state index contributed by atoms with van der Waals surface area (Å²) in [4.78, 5) is 16.1. The molecule has 0 bridgehead atoms. The van der Waals surface area contributed by atoms with Gasteiger partial charge in [-0.2, -0.15) is 0 Å². The number of benzene rings is 1. The summed E-state index contributed by atoms with van der Waals surface area (Å²) in [7, 11) is 2.82. The molecule has 0 fully saturated rings. The van der Waals surface area contributed by atoms with Gasteiger partial charge in [0.15, 0.2) is 6.10 Å². The lowest BCUT2D eigenvalue weighted by atomic mass is 10.1. The van der Waals surface area contributed by atoms with E-state index in [9.17, 15) is 9.90 Å². The normalized spacial score (nSPS) is 12.2. The maximum atomic E-state index is 11.4. The Bertz CT molecular complexity index is 299. The number of hydrogen-bond acceptors (Lipinski definition) is 3. The molecule has 0 unspecified atom stereocenters. The molecule has 0 heterocycles.